The average molecular weight is 348 g/mol. The molecule has 134 valence electrons. The van der Waals surface area contributed by atoms with Crippen LogP contribution in [0.25, 0.3) is 0 Å². The minimum absolute atomic E-state index is 0.0308. The van der Waals surface area contributed by atoms with Crippen LogP contribution in [0.15, 0.2) is 72.8 Å². The first-order valence-electron chi connectivity index (χ1n) is 8.70. The molecule has 1 N–H and O–H groups in total. The van der Waals surface area contributed by atoms with E-state index in [9.17, 15) is 0 Å². The molecule has 0 amide bonds. The summed E-state index contributed by atoms with van der Waals surface area (Å²) < 4.78 is 11.7. The molecule has 3 heteroatoms. The molecular formula is C23H24O3. The van der Waals surface area contributed by atoms with Crippen LogP contribution in [-0.2, 0) is 12.0 Å². The van der Waals surface area contributed by atoms with E-state index < -0.39 is 0 Å². The SMILES string of the molecule is CC(C)(C)c1ccc(Oc2ccc(Oc3ccc(CO)cc3)cc2)cc1. The third kappa shape index (κ3) is 4.64. The van der Waals surface area contributed by atoms with E-state index in [4.69, 9.17) is 14.6 Å². The van der Waals surface area contributed by atoms with Gasteiger partial charge in [-0.2, -0.15) is 0 Å². The molecule has 0 saturated carbocycles. The fraction of sp³-hybridized carbons (Fsp3) is 0.217. The Morgan fingerprint density at radius 3 is 1.31 bits per heavy atom. The first-order chi connectivity index (χ1) is 12.4. The lowest BCUT2D eigenvalue weighted by Gasteiger charge is -2.19. The highest BCUT2D eigenvalue weighted by molar-refractivity contribution is 5.39. The fourth-order valence-electron chi connectivity index (χ4n) is 2.53. The molecule has 0 saturated heterocycles. The Morgan fingerprint density at radius 2 is 0.962 bits per heavy atom. The van der Waals surface area contributed by atoms with Gasteiger partial charge in [-0.05, 0) is 65.1 Å². The van der Waals surface area contributed by atoms with Crippen LogP contribution >= 0.6 is 0 Å². The summed E-state index contributed by atoms with van der Waals surface area (Å²) in [6.07, 6.45) is 0. The molecule has 0 aliphatic carbocycles. The second kappa shape index (κ2) is 7.63. The Bertz CT molecular complexity index is 827. The topological polar surface area (TPSA) is 38.7 Å². The van der Waals surface area contributed by atoms with Crippen molar-refractivity contribution in [1.82, 2.24) is 0 Å². The van der Waals surface area contributed by atoms with Gasteiger partial charge in [0.2, 0.25) is 0 Å². The van der Waals surface area contributed by atoms with Crippen molar-refractivity contribution in [2.75, 3.05) is 0 Å². The molecule has 0 aliphatic heterocycles. The molecule has 3 rings (SSSR count). The number of ether oxygens (including phenoxy) is 2. The average Bonchev–Trinajstić information content (AvgIpc) is 2.64. The first kappa shape index (κ1) is 18.0. The molecule has 26 heavy (non-hydrogen) atoms. The molecular weight excluding hydrogens is 324 g/mol. The van der Waals surface area contributed by atoms with Crippen molar-refractivity contribution in [3.8, 4) is 23.0 Å². The fourth-order valence-corrected chi connectivity index (χ4v) is 2.53. The Labute approximate surface area is 154 Å². The summed E-state index contributed by atoms with van der Waals surface area (Å²) >= 11 is 0. The maximum atomic E-state index is 9.07. The van der Waals surface area contributed by atoms with Gasteiger partial charge in [0.25, 0.3) is 0 Å². The van der Waals surface area contributed by atoms with Gasteiger partial charge in [-0.1, -0.05) is 45.0 Å². The van der Waals surface area contributed by atoms with Crippen molar-refractivity contribution in [2.45, 2.75) is 32.8 Å². The van der Waals surface area contributed by atoms with Gasteiger partial charge in [0.15, 0.2) is 0 Å². The van der Waals surface area contributed by atoms with Crippen molar-refractivity contribution in [3.05, 3.63) is 83.9 Å². The third-order valence-electron chi connectivity index (χ3n) is 4.12. The van der Waals surface area contributed by atoms with E-state index in [2.05, 4.69) is 32.9 Å². The molecule has 0 heterocycles. The van der Waals surface area contributed by atoms with Crippen LogP contribution in [-0.4, -0.2) is 5.11 Å². The summed E-state index contributed by atoms with van der Waals surface area (Å²) in [6, 6.07) is 23.1. The predicted octanol–water partition coefficient (Wildman–Crippen LogP) is 6.06. The van der Waals surface area contributed by atoms with Crippen LogP contribution in [0.4, 0.5) is 0 Å². The van der Waals surface area contributed by atoms with Crippen molar-refractivity contribution in [3.63, 3.8) is 0 Å². The molecule has 3 aromatic rings. The Kier molecular flexibility index (Phi) is 5.29. The molecule has 0 aliphatic rings. The smallest absolute Gasteiger partial charge is 0.127 e. The predicted molar refractivity (Wildman–Crippen MR) is 104 cm³/mol. The van der Waals surface area contributed by atoms with Gasteiger partial charge in [0.1, 0.15) is 23.0 Å². The van der Waals surface area contributed by atoms with E-state index in [1.165, 1.54) is 5.56 Å². The van der Waals surface area contributed by atoms with E-state index in [0.717, 1.165) is 28.6 Å². The molecule has 0 fully saturated rings. The van der Waals surface area contributed by atoms with Crippen molar-refractivity contribution in [1.29, 1.82) is 0 Å². The van der Waals surface area contributed by atoms with Gasteiger partial charge < -0.3 is 14.6 Å². The zero-order valence-electron chi connectivity index (χ0n) is 15.4. The monoisotopic (exact) mass is 348 g/mol. The van der Waals surface area contributed by atoms with Gasteiger partial charge in [-0.15, -0.1) is 0 Å². The Balaban J connectivity index is 1.63. The maximum Gasteiger partial charge on any atom is 0.127 e. The van der Waals surface area contributed by atoms with Crippen LogP contribution in [0.2, 0.25) is 0 Å². The van der Waals surface area contributed by atoms with Crippen LogP contribution in [0, 0.1) is 0 Å². The van der Waals surface area contributed by atoms with E-state index in [1.807, 2.05) is 60.7 Å². The van der Waals surface area contributed by atoms with Gasteiger partial charge in [0.05, 0.1) is 6.61 Å². The summed E-state index contributed by atoms with van der Waals surface area (Å²) in [4.78, 5) is 0. The lowest BCUT2D eigenvalue weighted by atomic mass is 9.87. The van der Waals surface area contributed by atoms with E-state index in [1.54, 1.807) is 0 Å². The van der Waals surface area contributed by atoms with Gasteiger partial charge in [0, 0.05) is 0 Å². The minimum atomic E-state index is 0.0308. The highest BCUT2D eigenvalue weighted by Crippen LogP contribution is 2.29. The number of aliphatic hydroxyl groups is 1. The summed E-state index contributed by atoms with van der Waals surface area (Å²) in [5, 5.41) is 9.07. The van der Waals surface area contributed by atoms with Crippen molar-refractivity contribution in [2.24, 2.45) is 0 Å². The standard InChI is InChI=1S/C23H24O3/c1-23(2,3)18-6-10-20(11-7-18)26-22-14-12-21(13-15-22)25-19-8-4-17(16-24)5-9-19/h4-15,24H,16H2,1-3H3. The van der Waals surface area contributed by atoms with Crippen molar-refractivity contribution < 1.29 is 14.6 Å². The van der Waals surface area contributed by atoms with Crippen LogP contribution in [0.1, 0.15) is 31.9 Å². The molecule has 0 aromatic heterocycles. The molecule has 3 nitrogen and oxygen atoms in total. The molecule has 0 radical (unpaired) electrons. The molecule has 0 bridgehead atoms. The largest absolute Gasteiger partial charge is 0.457 e. The van der Waals surface area contributed by atoms with Gasteiger partial charge in [-0.3, -0.25) is 0 Å². The number of hydrogen-bond acceptors (Lipinski definition) is 3. The van der Waals surface area contributed by atoms with E-state index in [0.29, 0.717) is 0 Å². The first-order valence-corrected chi connectivity index (χ1v) is 8.70. The third-order valence-corrected chi connectivity index (χ3v) is 4.12. The highest BCUT2D eigenvalue weighted by Gasteiger charge is 2.13. The van der Waals surface area contributed by atoms with Crippen LogP contribution in [0.3, 0.4) is 0 Å². The number of aliphatic hydroxyl groups excluding tert-OH is 1. The summed E-state index contributed by atoms with van der Waals surface area (Å²) in [5.41, 5.74) is 2.27. The van der Waals surface area contributed by atoms with E-state index in [-0.39, 0.29) is 12.0 Å². The van der Waals surface area contributed by atoms with Crippen LogP contribution < -0.4 is 9.47 Å². The maximum absolute atomic E-state index is 9.07. The van der Waals surface area contributed by atoms with Crippen molar-refractivity contribution >= 4 is 0 Å². The minimum Gasteiger partial charge on any atom is -0.457 e. The normalized spacial score (nSPS) is 11.2. The zero-order chi connectivity index (χ0) is 18.6. The quantitative estimate of drug-likeness (QED) is 0.609. The molecule has 0 unspecified atom stereocenters. The van der Waals surface area contributed by atoms with Crippen LogP contribution in [0.5, 0.6) is 23.0 Å². The molecule has 0 atom stereocenters. The lowest BCUT2D eigenvalue weighted by Crippen LogP contribution is -2.10. The molecule has 3 aromatic carbocycles. The molecule has 0 spiro atoms. The van der Waals surface area contributed by atoms with Gasteiger partial charge >= 0.3 is 0 Å². The zero-order valence-corrected chi connectivity index (χ0v) is 15.4. The number of hydrogen-bond donors (Lipinski definition) is 1. The second-order valence-electron chi connectivity index (χ2n) is 7.25. The Morgan fingerprint density at radius 1 is 0.615 bits per heavy atom. The number of rotatable bonds is 5. The van der Waals surface area contributed by atoms with E-state index >= 15 is 0 Å². The highest BCUT2D eigenvalue weighted by atomic mass is 16.5. The summed E-state index contributed by atoms with van der Waals surface area (Å²) in [7, 11) is 0. The number of benzene rings is 3. The van der Waals surface area contributed by atoms with Gasteiger partial charge in [-0.25, -0.2) is 0 Å². The summed E-state index contributed by atoms with van der Waals surface area (Å²) in [6.45, 7) is 6.61. The lowest BCUT2D eigenvalue weighted by molar-refractivity contribution is 0.281. The Hall–Kier alpha value is -2.78. The summed E-state index contributed by atoms with van der Waals surface area (Å²) in [5.74, 6) is 3.04. The second-order valence-corrected chi connectivity index (χ2v) is 7.25.